The zero-order chi connectivity index (χ0) is 50.0. The molecule has 69 heavy (non-hydrogen) atoms. The number of carbonyl (C=O) groups excluding carboxylic acids is 3. The fraction of sp³-hybridized carbons (Fsp3) is 0.730. The Hall–Kier alpha value is -3.41. The lowest BCUT2D eigenvalue weighted by Gasteiger charge is -2.18. The predicted octanol–water partition coefficient (Wildman–Crippen LogP) is 19.5. The third-order valence-electron chi connectivity index (χ3n) is 12.4. The molecular formula is C63H108O6. The first-order valence-electron chi connectivity index (χ1n) is 29.1. The summed E-state index contributed by atoms with van der Waals surface area (Å²) < 4.78 is 16.8. The summed E-state index contributed by atoms with van der Waals surface area (Å²) in [6.07, 6.45) is 74.3. The van der Waals surface area contributed by atoms with Crippen LogP contribution < -0.4 is 0 Å². The van der Waals surface area contributed by atoms with Gasteiger partial charge in [0.15, 0.2) is 6.10 Å². The van der Waals surface area contributed by atoms with E-state index in [9.17, 15) is 14.4 Å². The first-order chi connectivity index (χ1) is 34.0. The van der Waals surface area contributed by atoms with Crippen LogP contribution in [0.15, 0.2) is 85.1 Å². The Morgan fingerprint density at radius 3 is 0.942 bits per heavy atom. The largest absolute Gasteiger partial charge is 0.462 e. The summed E-state index contributed by atoms with van der Waals surface area (Å²) in [4.78, 5) is 38.1. The molecule has 6 heteroatoms. The summed E-state index contributed by atoms with van der Waals surface area (Å²) in [6.45, 7) is 6.47. The first-order valence-corrected chi connectivity index (χ1v) is 29.1. The Morgan fingerprint density at radius 2 is 0.580 bits per heavy atom. The van der Waals surface area contributed by atoms with Gasteiger partial charge in [0.2, 0.25) is 0 Å². The lowest BCUT2D eigenvalue weighted by Crippen LogP contribution is -2.30. The van der Waals surface area contributed by atoms with Gasteiger partial charge in [-0.05, 0) is 109 Å². The van der Waals surface area contributed by atoms with Crippen molar-refractivity contribution in [3.05, 3.63) is 85.1 Å². The number of allylic oxidation sites excluding steroid dienone is 14. The van der Waals surface area contributed by atoms with Gasteiger partial charge in [-0.2, -0.15) is 0 Å². The average molecular weight is 962 g/mol. The van der Waals surface area contributed by atoms with E-state index in [1.807, 2.05) is 0 Å². The Morgan fingerprint density at radius 1 is 0.304 bits per heavy atom. The normalized spacial score (nSPS) is 12.7. The minimum absolute atomic E-state index is 0.0867. The zero-order valence-corrected chi connectivity index (χ0v) is 45.3. The maximum absolute atomic E-state index is 12.8. The van der Waals surface area contributed by atoms with Gasteiger partial charge in [-0.25, -0.2) is 0 Å². The molecule has 0 amide bonds. The molecule has 0 aliphatic heterocycles. The minimum Gasteiger partial charge on any atom is -0.462 e. The molecule has 0 bridgehead atoms. The van der Waals surface area contributed by atoms with Crippen LogP contribution in [0.5, 0.6) is 0 Å². The van der Waals surface area contributed by atoms with E-state index in [4.69, 9.17) is 14.2 Å². The van der Waals surface area contributed by atoms with Crippen molar-refractivity contribution < 1.29 is 28.6 Å². The summed E-state index contributed by atoms with van der Waals surface area (Å²) in [7, 11) is 0. The van der Waals surface area contributed by atoms with Crippen molar-refractivity contribution in [2.45, 2.75) is 284 Å². The summed E-state index contributed by atoms with van der Waals surface area (Å²) in [5.41, 5.74) is 0. The molecule has 0 radical (unpaired) electrons. The van der Waals surface area contributed by atoms with E-state index >= 15 is 0 Å². The monoisotopic (exact) mass is 961 g/mol. The molecular weight excluding hydrogens is 853 g/mol. The van der Waals surface area contributed by atoms with Crippen LogP contribution in [0.25, 0.3) is 0 Å². The second-order valence-corrected chi connectivity index (χ2v) is 19.2. The Bertz CT molecular complexity index is 1330. The molecule has 0 aliphatic rings. The Kier molecular flexibility index (Phi) is 54.3. The number of hydrogen-bond donors (Lipinski definition) is 0. The van der Waals surface area contributed by atoms with Gasteiger partial charge in [0.25, 0.3) is 0 Å². The smallest absolute Gasteiger partial charge is 0.306 e. The topological polar surface area (TPSA) is 78.9 Å². The molecule has 0 aromatic rings. The van der Waals surface area contributed by atoms with E-state index in [0.29, 0.717) is 19.3 Å². The van der Waals surface area contributed by atoms with Gasteiger partial charge in [-0.3, -0.25) is 14.4 Å². The van der Waals surface area contributed by atoms with E-state index in [1.165, 1.54) is 122 Å². The van der Waals surface area contributed by atoms with Gasteiger partial charge in [-0.1, -0.05) is 234 Å². The molecule has 0 aromatic heterocycles. The molecule has 0 spiro atoms. The highest BCUT2D eigenvalue weighted by molar-refractivity contribution is 5.71. The zero-order valence-electron chi connectivity index (χ0n) is 45.3. The SMILES string of the molecule is CC/C=C\C/C=C\C/C=C\C/C=C\CCCCCCCCCCCCC(=O)OCC(COC(=O)CCCCCCC/C=C\CCCCCCC)OC(=O)CCCCCCC/C=C\C/C=C\CCCC. The standard InChI is InChI=1S/C63H108O6/c1-4-7-10-13-16-19-22-25-28-29-30-31-32-33-34-35-36-39-41-44-47-50-53-56-62(65)68-59-60(69-63(66)57-54-51-48-45-42-38-27-24-21-18-15-12-9-6-3)58-67-61(64)55-52-49-46-43-40-37-26-23-20-17-14-11-8-5-2/h7,10,15-16,18-19,23-28,30-31,60H,4-6,8-9,11-14,17,20-22,29,32-59H2,1-3H3/b10-7-,18-15-,19-16-,26-23-,27-24-,28-25-,31-30-. The van der Waals surface area contributed by atoms with Gasteiger partial charge in [0, 0.05) is 19.3 Å². The van der Waals surface area contributed by atoms with E-state index < -0.39 is 6.10 Å². The van der Waals surface area contributed by atoms with Crippen LogP contribution in [0.4, 0.5) is 0 Å². The van der Waals surface area contributed by atoms with Crippen LogP contribution in [0.3, 0.4) is 0 Å². The molecule has 0 N–H and O–H groups in total. The fourth-order valence-corrected chi connectivity index (χ4v) is 7.97. The van der Waals surface area contributed by atoms with E-state index in [1.54, 1.807) is 0 Å². The van der Waals surface area contributed by atoms with Crippen molar-refractivity contribution in [2.75, 3.05) is 13.2 Å². The second-order valence-electron chi connectivity index (χ2n) is 19.2. The van der Waals surface area contributed by atoms with Gasteiger partial charge in [0.05, 0.1) is 0 Å². The van der Waals surface area contributed by atoms with Gasteiger partial charge >= 0.3 is 17.9 Å². The average Bonchev–Trinajstić information content (AvgIpc) is 3.35. The molecule has 0 saturated heterocycles. The number of rotatable bonds is 52. The molecule has 1 unspecified atom stereocenters. The highest BCUT2D eigenvalue weighted by Crippen LogP contribution is 2.15. The Balaban J connectivity index is 4.35. The summed E-state index contributed by atoms with van der Waals surface area (Å²) in [5, 5.41) is 0. The number of carbonyl (C=O) groups is 3. The van der Waals surface area contributed by atoms with Gasteiger partial charge < -0.3 is 14.2 Å². The lowest BCUT2D eigenvalue weighted by molar-refractivity contribution is -0.167. The molecule has 0 rings (SSSR count). The van der Waals surface area contributed by atoms with Crippen LogP contribution in [0.1, 0.15) is 278 Å². The highest BCUT2D eigenvalue weighted by atomic mass is 16.6. The van der Waals surface area contributed by atoms with Crippen molar-refractivity contribution in [1.29, 1.82) is 0 Å². The maximum atomic E-state index is 12.8. The molecule has 0 fully saturated rings. The number of hydrogen-bond acceptors (Lipinski definition) is 6. The quantitative estimate of drug-likeness (QED) is 0.0262. The molecule has 0 aromatic carbocycles. The third kappa shape index (κ3) is 55.4. The van der Waals surface area contributed by atoms with Crippen molar-refractivity contribution in [2.24, 2.45) is 0 Å². The third-order valence-corrected chi connectivity index (χ3v) is 12.4. The van der Waals surface area contributed by atoms with Crippen molar-refractivity contribution in [1.82, 2.24) is 0 Å². The minimum atomic E-state index is -0.789. The maximum Gasteiger partial charge on any atom is 0.306 e. The molecule has 6 nitrogen and oxygen atoms in total. The van der Waals surface area contributed by atoms with Gasteiger partial charge in [0.1, 0.15) is 13.2 Å². The van der Waals surface area contributed by atoms with E-state index in [-0.39, 0.29) is 31.1 Å². The summed E-state index contributed by atoms with van der Waals surface area (Å²) >= 11 is 0. The highest BCUT2D eigenvalue weighted by Gasteiger charge is 2.19. The molecule has 0 aliphatic carbocycles. The van der Waals surface area contributed by atoms with Crippen molar-refractivity contribution in [3.8, 4) is 0 Å². The molecule has 0 heterocycles. The number of ether oxygens (including phenoxy) is 3. The van der Waals surface area contributed by atoms with Crippen LogP contribution in [0.2, 0.25) is 0 Å². The molecule has 396 valence electrons. The molecule has 0 saturated carbocycles. The second kappa shape index (κ2) is 57.2. The van der Waals surface area contributed by atoms with Crippen molar-refractivity contribution >= 4 is 17.9 Å². The fourth-order valence-electron chi connectivity index (χ4n) is 7.97. The number of unbranched alkanes of at least 4 members (excludes halogenated alkanes) is 27. The first kappa shape index (κ1) is 65.6. The molecule has 1 atom stereocenters. The van der Waals surface area contributed by atoms with Crippen LogP contribution in [-0.2, 0) is 28.6 Å². The Labute approximate surface area is 426 Å². The summed E-state index contributed by atoms with van der Waals surface area (Å²) in [6, 6.07) is 0. The lowest BCUT2D eigenvalue weighted by atomic mass is 10.1. The van der Waals surface area contributed by atoms with E-state index in [0.717, 1.165) is 116 Å². The van der Waals surface area contributed by atoms with E-state index in [2.05, 4.69) is 106 Å². The van der Waals surface area contributed by atoms with Crippen LogP contribution in [0, 0.1) is 0 Å². The number of esters is 3. The predicted molar refractivity (Wildman–Crippen MR) is 297 cm³/mol. The van der Waals surface area contributed by atoms with Crippen LogP contribution >= 0.6 is 0 Å². The van der Waals surface area contributed by atoms with Crippen LogP contribution in [-0.4, -0.2) is 37.2 Å². The summed E-state index contributed by atoms with van der Waals surface area (Å²) in [5.74, 6) is -0.908. The van der Waals surface area contributed by atoms with Gasteiger partial charge in [-0.15, -0.1) is 0 Å². The van der Waals surface area contributed by atoms with Crippen molar-refractivity contribution in [3.63, 3.8) is 0 Å².